The van der Waals surface area contributed by atoms with Crippen LogP contribution in [0.25, 0.3) is 0 Å². The van der Waals surface area contributed by atoms with E-state index in [-0.39, 0.29) is 17.3 Å². The molecule has 0 aliphatic carbocycles. The highest BCUT2D eigenvalue weighted by Gasteiger charge is 2.20. The third-order valence-electron chi connectivity index (χ3n) is 1.48. The fraction of sp³-hybridized carbons (Fsp3) is 0.500. The lowest BCUT2D eigenvalue weighted by atomic mass is 10.4. The van der Waals surface area contributed by atoms with Crippen LogP contribution in [0.2, 0.25) is 0 Å². The molecule has 1 rings (SSSR count). The molecule has 0 saturated carbocycles. The van der Waals surface area contributed by atoms with Crippen molar-refractivity contribution in [2.75, 3.05) is 7.11 Å². The van der Waals surface area contributed by atoms with Gasteiger partial charge in [-0.1, -0.05) is 0 Å². The summed E-state index contributed by atoms with van der Waals surface area (Å²) in [6, 6.07) is 1.45. The van der Waals surface area contributed by atoms with Gasteiger partial charge in [-0.15, -0.1) is 0 Å². The van der Waals surface area contributed by atoms with Crippen LogP contribution < -0.4 is 0 Å². The largest absolute Gasteiger partial charge is 0.434 e. The second kappa shape index (κ2) is 3.31. The fourth-order valence-electron chi connectivity index (χ4n) is 0.820. The van der Waals surface area contributed by atoms with E-state index in [9.17, 15) is 4.91 Å². The van der Waals surface area contributed by atoms with E-state index in [2.05, 4.69) is 9.94 Å². The fourth-order valence-corrected chi connectivity index (χ4v) is 0.820. The second-order valence-corrected chi connectivity index (χ2v) is 2.22. The first-order valence-electron chi connectivity index (χ1n) is 3.34. The van der Waals surface area contributed by atoms with Crippen LogP contribution in [0.1, 0.15) is 5.69 Å². The van der Waals surface area contributed by atoms with Crippen LogP contribution in [0.3, 0.4) is 0 Å². The molecule has 0 aliphatic rings. The van der Waals surface area contributed by atoms with Crippen molar-refractivity contribution in [1.29, 1.82) is 0 Å². The predicted octanol–water partition coefficient (Wildman–Crippen LogP) is -0.116. The van der Waals surface area contributed by atoms with Gasteiger partial charge in [0.2, 0.25) is 0 Å². The number of aliphatic hydroxyl groups excluding tert-OH is 1. The standard InChI is InChI=1S/C6H10N3O3/c1-8-5(4-10)3-6(7-8)9(11)12-2/h3,10H,4H2,1-2H3/q+1. The van der Waals surface area contributed by atoms with E-state index < -0.39 is 0 Å². The Morgan fingerprint density at radius 2 is 2.50 bits per heavy atom. The molecule has 0 spiro atoms. The summed E-state index contributed by atoms with van der Waals surface area (Å²) in [5, 5.41) is 12.6. The monoisotopic (exact) mass is 172 g/mol. The third-order valence-corrected chi connectivity index (χ3v) is 1.48. The average molecular weight is 172 g/mol. The van der Waals surface area contributed by atoms with Crippen molar-refractivity contribution in [3.63, 3.8) is 0 Å². The molecule has 12 heavy (non-hydrogen) atoms. The molecule has 0 aliphatic heterocycles. The van der Waals surface area contributed by atoms with Crippen LogP contribution in [-0.4, -0.2) is 26.9 Å². The highest BCUT2D eigenvalue weighted by Crippen LogP contribution is 2.10. The molecule has 0 saturated heterocycles. The van der Waals surface area contributed by atoms with E-state index in [1.807, 2.05) is 0 Å². The molecule has 1 aromatic heterocycles. The summed E-state index contributed by atoms with van der Waals surface area (Å²) in [6.07, 6.45) is 0. The molecule has 66 valence electrons. The Kier molecular flexibility index (Phi) is 2.39. The van der Waals surface area contributed by atoms with Gasteiger partial charge >= 0.3 is 5.82 Å². The van der Waals surface area contributed by atoms with E-state index >= 15 is 0 Å². The van der Waals surface area contributed by atoms with Crippen molar-refractivity contribution in [3.8, 4) is 0 Å². The lowest BCUT2D eigenvalue weighted by molar-refractivity contribution is -0.739. The van der Waals surface area contributed by atoms with Gasteiger partial charge in [-0.25, -0.2) is 0 Å². The van der Waals surface area contributed by atoms with E-state index in [4.69, 9.17) is 5.11 Å². The van der Waals surface area contributed by atoms with Crippen LogP contribution in [0, 0.1) is 4.91 Å². The Labute approximate surface area is 68.9 Å². The molecule has 1 heterocycles. The first-order chi connectivity index (χ1) is 5.69. The molecular weight excluding hydrogens is 162 g/mol. The van der Waals surface area contributed by atoms with Gasteiger partial charge in [0, 0.05) is 0 Å². The first-order valence-corrected chi connectivity index (χ1v) is 3.34. The Morgan fingerprint density at radius 3 is 2.92 bits per heavy atom. The topological polar surface area (TPSA) is 67.4 Å². The number of nitrogens with zero attached hydrogens (tertiary/aromatic N) is 3. The van der Waals surface area contributed by atoms with Crippen LogP contribution in [-0.2, 0) is 18.5 Å². The number of rotatable bonds is 3. The summed E-state index contributed by atoms with van der Waals surface area (Å²) in [7, 11) is 2.89. The van der Waals surface area contributed by atoms with Gasteiger partial charge < -0.3 is 9.94 Å². The molecule has 0 fully saturated rings. The zero-order valence-electron chi connectivity index (χ0n) is 6.89. The molecular formula is C6H10N3O3+. The summed E-state index contributed by atoms with van der Waals surface area (Å²) in [6.45, 7) is -0.152. The van der Waals surface area contributed by atoms with Crippen LogP contribution >= 0.6 is 0 Å². The molecule has 1 N–H and O–H groups in total. The van der Waals surface area contributed by atoms with Crippen LogP contribution in [0.4, 0.5) is 5.82 Å². The van der Waals surface area contributed by atoms with Crippen molar-refractivity contribution >= 4 is 5.82 Å². The zero-order chi connectivity index (χ0) is 9.14. The van der Waals surface area contributed by atoms with Gasteiger partial charge in [0.1, 0.15) is 7.11 Å². The number of aliphatic hydroxyl groups is 1. The average Bonchev–Trinajstić information content (AvgIpc) is 2.45. The summed E-state index contributed by atoms with van der Waals surface area (Å²) >= 11 is 0. The molecule has 0 radical (unpaired) electrons. The summed E-state index contributed by atoms with van der Waals surface area (Å²) in [5.41, 5.74) is 0.558. The van der Waals surface area contributed by atoms with Crippen molar-refractivity contribution in [2.45, 2.75) is 6.61 Å². The SMILES string of the molecule is CO[N+](=O)c1cc(CO)n(C)n1. The minimum atomic E-state index is -0.152. The summed E-state index contributed by atoms with van der Waals surface area (Å²) in [5.74, 6) is 0.129. The molecule has 6 heteroatoms. The maximum Gasteiger partial charge on any atom is 0.434 e. The normalized spacial score (nSPS) is 9.92. The molecule has 0 bridgehead atoms. The van der Waals surface area contributed by atoms with Crippen LogP contribution in [0.15, 0.2) is 6.07 Å². The van der Waals surface area contributed by atoms with E-state index in [1.165, 1.54) is 17.9 Å². The Balaban J connectivity index is 2.96. The van der Waals surface area contributed by atoms with Crippen LogP contribution in [0.5, 0.6) is 0 Å². The number of hydrogen-bond donors (Lipinski definition) is 1. The van der Waals surface area contributed by atoms with Gasteiger partial charge in [0.15, 0.2) is 4.92 Å². The van der Waals surface area contributed by atoms with Gasteiger partial charge in [0.05, 0.1) is 30.5 Å². The Morgan fingerprint density at radius 1 is 1.83 bits per heavy atom. The summed E-state index contributed by atoms with van der Waals surface area (Å²) in [4.78, 5) is 15.5. The zero-order valence-corrected chi connectivity index (χ0v) is 6.89. The lowest BCUT2D eigenvalue weighted by Gasteiger charge is -1.86. The highest BCUT2D eigenvalue weighted by atomic mass is 16.8. The van der Waals surface area contributed by atoms with Gasteiger partial charge in [0.25, 0.3) is 0 Å². The molecule has 0 aromatic carbocycles. The van der Waals surface area contributed by atoms with Crippen molar-refractivity contribution < 1.29 is 14.9 Å². The maximum atomic E-state index is 10.8. The number of aromatic nitrogens is 2. The number of aryl methyl sites for hydroxylation is 1. The van der Waals surface area contributed by atoms with E-state index in [0.29, 0.717) is 5.69 Å². The quantitative estimate of drug-likeness (QED) is 0.645. The minimum Gasteiger partial charge on any atom is -0.390 e. The molecule has 0 unspecified atom stereocenters. The minimum absolute atomic E-state index is 0.129. The molecule has 6 nitrogen and oxygen atoms in total. The van der Waals surface area contributed by atoms with Gasteiger partial charge in [-0.05, 0) is 4.91 Å². The second-order valence-electron chi connectivity index (χ2n) is 2.22. The van der Waals surface area contributed by atoms with Gasteiger partial charge in [-0.2, -0.15) is 4.68 Å². The number of hydrogen-bond acceptors (Lipinski definition) is 4. The third kappa shape index (κ3) is 1.42. The first kappa shape index (κ1) is 8.66. The van der Waals surface area contributed by atoms with E-state index in [1.54, 1.807) is 7.05 Å². The van der Waals surface area contributed by atoms with Crippen molar-refractivity contribution in [2.24, 2.45) is 7.05 Å². The van der Waals surface area contributed by atoms with Crippen molar-refractivity contribution in [1.82, 2.24) is 9.78 Å². The Bertz CT molecular complexity index is 294. The van der Waals surface area contributed by atoms with E-state index in [0.717, 1.165) is 0 Å². The smallest absolute Gasteiger partial charge is 0.390 e. The summed E-state index contributed by atoms with van der Waals surface area (Å²) < 4.78 is 1.42. The lowest BCUT2D eigenvalue weighted by Crippen LogP contribution is -2.00. The highest BCUT2D eigenvalue weighted by molar-refractivity contribution is 5.20. The molecule has 1 aromatic rings. The van der Waals surface area contributed by atoms with Gasteiger partial charge in [-0.3, -0.25) is 0 Å². The molecule has 0 amide bonds. The predicted molar refractivity (Wildman–Crippen MR) is 39.4 cm³/mol. The molecule has 0 atom stereocenters. The Hall–Kier alpha value is -1.43. The maximum absolute atomic E-state index is 10.8. The van der Waals surface area contributed by atoms with Crippen molar-refractivity contribution in [3.05, 3.63) is 16.7 Å².